The van der Waals surface area contributed by atoms with Gasteiger partial charge in [0.15, 0.2) is 5.25 Å². The number of rotatable bonds is 4. The van der Waals surface area contributed by atoms with Gasteiger partial charge in [-0.1, -0.05) is 0 Å². The number of hydrogen-bond acceptors (Lipinski definition) is 4. The number of fused-ring (bicyclic) bond motifs is 2. The number of carboxylic acids is 1. The van der Waals surface area contributed by atoms with Crippen LogP contribution in [0.2, 0.25) is 0 Å². The summed E-state index contributed by atoms with van der Waals surface area (Å²) in [5.41, 5.74) is 0. The molecule has 0 aliphatic carbocycles. The van der Waals surface area contributed by atoms with Crippen LogP contribution in [-0.2, 0) is 19.6 Å². The molecule has 2 fully saturated rings. The fourth-order valence-corrected chi connectivity index (χ4v) is 3.35. The largest absolute Gasteiger partial charge is 0.480 e. The summed E-state index contributed by atoms with van der Waals surface area (Å²) in [5, 5.41) is 7.25. The maximum absolute atomic E-state index is 11.7. The van der Waals surface area contributed by atoms with Crippen LogP contribution in [0.1, 0.15) is 26.2 Å². The van der Waals surface area contributed by atoms with Crippen molar-refractivity contribution in [3.05, 3.63) is 0 Å². The topological polar surface area (TPSA) is 92.7 Å². The molecule has 2 aliphatic rings. The Morgan fingerprint density at radius 3 is 2.62 bits per heavy atom. The van der Waals surface area contributed by atoms with E-state index in [2.05, 4.69) is 4.72 Å². The molecule has 2 bridgehead atoms. The second-order valence-corrected chi connectivity index (χ2v) is 6.39. The molecular weight excluding hydrogens is 234 g/mol. The Labute approximate surface area is 94.0 Å². The Hall–Kier alpha value is -0.660. The van der Waals surface area contributed by atoms with Crippen LogP contribution in [0.3, 0.4) is 0 Å². The smallest absolute Gasteiger partial charge is 0.323 e. The third-order valence-corrected chi connectivity index (χ3v) is 5.00. The number of aliphatic carboxylic acids is 1. The molecule has 2 saturated heterocycles. The summed E-state index contributed by atoms with van der Waals surface area (Å²) in [5.74, 6) is -1.34. The molecular formula is C9H15NO5S. The van der Waals surface area contributed by atoms with E-state index in [1.54, 1.807) is 0 Å². The van der Waals surface area contributed by atoms with Crippen molar-refractivity contribution >= 4 is 16.0 Å². The first-order chi connectivity index (χ1) is 7.40. The molecule has 2 N–H and O–H groups in total. The second-order valence-electron chi connectivity index (χ2n) is 4.36. The van der Waals surface area contributed by atoms with Gasteiger partial charge in [-0.25, -0.2) is 13.1 Å². The van der Waals surface area contributed by atoms with Crippen LogP contribution in [0.4, 0.5) is 0 Å². The third kappa shape index (κ3) is 2.07. The van der Waals surface area contributed by atoms with Crippen molar-refractivity contribution < 1.29 is 23.1 Å². The summed E-state index contributed by atoms with van der Waals surface area (Å²) >= 11 is 0. The van der Waals surface area contributed by atoms with Gasteiger partial charge in [0, 0.05) is 0 Å². The summed E-state index contributed by atoms with van der Waals surface area (Å²) in [7, 11) is -3.79. The molecule has 0 aromatic carbocycles. The van der Waals surface area contributed by atoms with Gasteiger partial charge in [0.1, 0.15) is 0 Å². The van der Waals surface area contributed by atoms with E-state index in [0.29, 0.717) is 6.42 Å². The van der Waals surface area contributed by atoms with Crippen molar-refractivity contribution in [2.24, 2.45) is 0 Å². The summed E-state index contributed by atoms with van der Waals surface area (Å²) < 4.78 is 31.2. The standard InChI is InChI=1S/C9H15NO5S/c1-5(9(11)12)16(13,14)10-7-4-6-2-3-8(7)15-6/h5-8,10H,2-4H2,1H3,(H,11,12). The molecule has 0 aromatic rings. The minimum Gasteiger partial charge on any atom is -0.480 e. The lowest BCUT2D eigenvalue weighted by Crippen LogP contribution is -2.46. The highest BCUT2D eigenvalue weighted by Crippen LogP contribution is 2.34. The Balaban J connectivity index is 2.02. The number of ether oxygens (including phenoxy) is 1. The lowest BCUT2D eigenvalue weighted by atomic mass is 9.96. The Bertz CT molecular complexity index is 393. The zero-order valence-corrected chi connectivity index (χ0v) is 9.74. The number of nitrogens with one attached hydrogen (secondary N) is 1. The quantitative estimate of drug-likeness (QED) is 0.713. The first-order valence-corrected chi connectivity index (χ1v) is 6.84. The molecule has 4 unspecified atom stereocenters. The van der Waals surface area contributed by atoms with Gasteiger partial charge in [-0.05, 0) is 26.2 Å². The van der Waals surface area contributed by atoms with Gasteiger partial charge in [0.2, 0.25) is 10.0 Å². The number of hydrogen-bond donors (Lipinski definition) is 2. The van der Waals surface area contributed by atoms with Crippen LogP contribution in [0.15, 0.2) is 0 Å². The second kappa shape index (κ2) is 3.97. The van der Waals surface area contributed by atoms with Crippen molar-refractivity contribution in [1.82, 2.24) is 4.72 Å². The molecule has 2 heterocycles. The van der Waals surface area contributed by atoms with E-state index < -0.39 is 21.2 Å². The summed E-state index contributed by atoms with van der Waals surface area (Å²) in [6, 6.07) is -0.259. The van der Waals surface area contributed by atoms with Crippen molar-refractivity contribution in [1.29, 1.82) is 0 Å². The average Bonchev–Trinajstić information content (AvgIpc) is 2.77. The van der Waals surface area contributed by atoms with Gasteiger partial charge in [0.05, 0.1) is 18.2 Å². The zero-order chi connectivity index (χ0) is 11.9. The van der Waals surface area contributed by atoms with Crippen LogP contribution in [0, 0.1) is 0 Å². The van der Waals surface area contributed by atoms with E-state index in [1.165, 1.54) is 6.92 Å². The van der Waals surface area contributed by atoms with Crippen molar-refractivity contribution in [2.75, 3.05) is 0 Å². The fourth-order valence-electron chi connectivity index (χ4n) is 2.21. The Kier molecular flexibility index (Phi) is 2.93. The molecule has 16 heavy (non-hydrogen) atoms. The molecule has 2 rings (SSSR count). The fraction of sp³-hybridized carbons (Fsp3) is 0.889. The maximum Gasteiger partial charge on any atom is 0.323 e. The molecule has 92 valence electrons. The lowest BCUT2D eigenvalue weighted by molar-refractivity contribution is -0.136. The van der Waals surface area contributed by atoms with Gasteiger partial charge < -0.3 is 9.84 Å². The van der Waals surface area contributed by atoms with Gasteiger partial charge in [-0.3, -0.25) is 4.79 Å². The third-order valence-electron chi connectivity index (χ3n) is 3.23. The molecule has 0 amide bonds. The highest BCUT2D eigenvalue weighted by atomic mass is 32.2. The maximum atomic E-state index is 11.7. The van der Waals surface area contributed by atoms with Gasteiger partial charge >= 0.3 is 5.97 Å². The molecule has 0 saturated carbocycles. The van der Waals surface area contributed by atoms with Gasteiger partial charge in [-0.2, -0.15) is 0 Å². The van der Waals surface area contributed by atoms with Crippen molar-refractivity contribution in [3.63, 3.8) is 0 Å². The predicted molar refractivity (Wildman–Crippen MR) is 55.5 cm³/mol. The SMILES string of the molecule is CC(C(=O)O)S(=O)(=O)NC1CC2CCC1O2. The lowest BCUT2D eigenvalue weighted by Gasteiger charge is -2.21. The summed E-state index contributed by atoms with van der Waals surface area (Å²) in [6.07, 6.45) is 2.52. The van der Waals surface area contributed by atoms with E-state index in [0.717, 1.165) is 12.8 Å². The predicted octanol–water partition coefficient (Wildman–Crippen LogP) is -0.301. The van der Waals surface area contributed by atoms with Gasteiger partial charge in [-0.15, -0.1) is 0 Å². The average molecular weight is 249 g/mol. The van der Waals surface area contributed by atoms with Crippen molar-refractivity contribution in [2.45, 2.75) is 49.7 Å². The van der Waals surface area contributed by atoms with E-state index >= 15 is 0 Å². The van der Waals surface area contributed by atoms with Crippen LogP contribution in [0.5, 0.6) is 0 Å². The molecule has 2 aliphatic heterocycles. The Morgan fingerprint density at radius 2 is 2.19 bits per heavy atom. The number of carboxylic acid groups (broad SMARTS) is 1. The van der Waals surface area contributed by atoms with Gasteiger partial charge in [0.25, 0.3) is 0 Å². The minimum absolute atomic E-state index is 0.0826. The van der Waals surface area contributed by atoms with Crippen LogP contribution >= 0.6 is 0 Å². The van der Waals surface area contributed by atoms with E-state index in [4.69, 9.17) is 9.84 Å². The zero-order valence-electron chi connectivity index (χ0n) is 8.92. The van der Waals surface area contributed by atoms with Crippen molar-refractivity contribution in [3.8, 4) is 0 Å². The summed E-state index contributed by atoms with van der Waals surface area (Å²) in [6.45, 7) is 1.17. The van der Waals surface area contributed by atoms with E-state index in [9.17, 15) is 13.2 Å². The monoisotopic (exact) mass is 249 g/mol. The molecule has 4 atom stereocenters. The van der Waals surface area contributed by atoms with Crippen LogP contribution in [-0.4, -0.2) is 43.0 Å². The van der Waals surface area contributed by atoms with Crippen LogP contribution < -0.4 is 4.72 Å². The normalized spacial score (nSPS) is 35.2. The first-order valence-electron chi connectivity index (χ1n) is 5.29. The molecule has 0 radical (unpaired) electrons. The number of sulfonamides is 1. The van der Waals surface area contributed by atoms with E-state index in [-0.39, 0.29) is 18.2 Å². The number of carbonyl (C=O) groups is 1. The van der Waals surface area contributed by atoms with E-state index in [1.807, 2.05) is 0 Å². The minimum atomic E-state index is -3.79. The molecule has 0 spiro atoms. The highest BCUT2D eigenvalue weighted by Gasteiger charge is 2.43. The first kappa shape index (κ1) is 11.8. The molecule has 0 aromatic heterocycles. The Morgan fingerprint density at radius 1 is 1.50 bits per heavy atom. The van der Waals surface area contributed by atoms with Crippen LogP contribution in [0.25, 0.3) is 0 Å². The summed E-state index contributed by atoms with van der Waals surface area (Å²) in [4.78, 5) is 10.6. The highest BCUT2D eigenvalue weighted by molar-refractivity contribution is 7.90. The molecule has 7 heteroatoms. The molecule has 6 nitrogen and oxygen atoms in total.